The van der Waals surface area contributed by atoms with Gasteiger partial charge in [0.2, 0.25) is 11.5 Å². The molecule has 0 aliphatic carbocycles. The van der Waals surface area contributed by atoms with Gasteiger partial charge < -0.3 is 48.8 Å². The molecule has 2 aromatic carbocycles. The molecule has 2 rings (SSSR count). The molecule has 2 aromatic rings. The summed E-state index contributed by atoms with van der Waals surface area (Å²) in [6.45, 7) is -1.10. The lowest BCUT2D eigenvalue weighted by atomic mass is 10.1. The zero-order valence-electron chi connectivity index (χ0n) is 19.7. The molecule has 2 unspecified atom stereocenters. The molecule has 10 nitrogen and oxygen atoms in total. The number of rotatable bonds is 14. The maximum Gasteiger partial charge on any atom is 0.203 e. The van der Waals surface area contributed by atoms with Gasteiger partial charge in [-0.1, -0.05) is 12.2 Å². The fourth-order valence-corrected chi connectivity index (χ4v) is 2.93. The molecule has 10 heteroatoms. The Bertz CT molecular complexity index is 818. The maximum atomic E-state index is 9.57. The Labute approximate surface area is 198 Å². The topological polar surface area (TPSA) is 136 Å². The molecule has 2 atom stereocenters. The molecule has 4 N–H and O–H groups in total. The highest BCUT2D eigenvalue weighted by Gasteiger charge is 2.17. The van der Waals surface area contributed by atoms with Gasteiger partial charge in [-0.05, 0) is 35.4 Å². The fourth-order valence-electron chi connectivity index (χ4n) is 2.93. The Hall–Kier alpha value is -3.18. The second kappa shape index (κ2) is 13.5. The number of benzene rings is 2. The maximum absolute atomic E-state index is 9.57. The van der Waals surface area contributed by atoms with E-state index in [1.54, 1.807) is 24.3 Å². The zero-order chi connectivity index (χ0) is 25.1. The summed E-state index contributed by atoms with van der Waals surface area (Å²) in [4.78, 5) is 0. The molecule has 0 heterocycles. The Balaban J connectivity index is 2.34. The Morgan fingerprint density at radius 2 is 0.912 bits per heavy atom. The first-order chi connectivity index (χ1) is 16.4. The third-order valence-corrected chi connectivity index (χ3v) is 4.70. The van der Waals surface area contributed by atoms with Gasteiger partial charge in [0.05, 0.1) is 41.7 Å². The van der Waals surface area contributed by atoms with Crippen molar-refractivity contribution < 1.29 is 48.8 Å². The lowest BCUT2D eigenvalue weighted by Crippen LogP contribution is -2.21. The van der Waals surface area contributed by atoms with Gasteiger partial charge in [-0.15, -0.1) is 0 Å². The van der Waals surface area contributed by atoms with Crippen LogP contribution in [0.1, 0.15) is 11.1 Å². The van der Waals surface area contributed by atoms with Crippen LogP contribution in [0.3, 0.4) is 0 Å². The average Bonchev–Trinajstić information content (AvgIpc) is 2.88. The zero-order valence-corrected chi connectivity index (χ0v) is 19.7. The quantitative estimate of drug-likeness (QED) is 0.293. The van der Waals surface area contributed by atoms with Gasteiger partial charge in [0.1, 0.15) is 25.4 Å². The molecule has 0 aliphatic rings. The minimum Gasteiger partial charge on any atom is -0.493 e. The SMILES string of the molecule is COc1cc(/C=C/c2cc(OC)c(OCC(O)CO)c(OC)c2)cc(OC)c1OCC(O)CO. The first-order valence-electron chi connectivity index (χ1n) is 10.4. The van der Waals surface area contributed by atoms with Crippen LogP contribution in [0.15, 0.2) is 24.3 Å². The van der Waals surface area contributed by atoms with Gasteiger partial charge >= 0.3 is 0 Å². The van der Waals surface area contributed by atoms with E-state index in [-0.39, 0.29) is 13.2 Å². The third kappa shape index (κ3) is 7.16. The smallest absolute Gasteiger partial charge is 0.203 e. The molecule has 0 saturated heterocycles. The van der Waals surface area contributed by atoms with Crippen molar-refractivity contribution in [2.75, 3.05) is 54.9 Å². The molecule has 0 fully saturated rings. The predicted octanol–water partition coefficient (Wildman–Crippen LogP) is 1.36. The molecule has 0 aliphatic heterocycles. The molecular formula is C24H32O10. The van der Waals surface area contributed by atoms with Crippen LogP contribution in [-0.4, -0.2) is 87.5 Å². The fraction of sp³-hybridized carbons (Fsp3) is 0.417. The molecule has 0 aromatic heterocycles. The molecule has 0 amide bonds. The van der Waals surface area contributed by atoms with Gasteiger partial charge in [-0.25, -0.2) is 0 Å². The van der Waals surface area contributed by atoms with Crippen LogP contribution in [0, 0.1) is 0 Å². The molecular weight excluding hydrogens is 448 g/mol. The summed E-state index contributed by atoms with van der Waals surface area (Å²) in [7, 11) is 5.94. The largest absolute Gasteiger partial charge is 0.493 e. The second-order valence-electron chi connectivity index (χ2n) is 7.14. The van der Waals surface area contributed by atoms with Crippen molar-refractivity contribution in [2.45, 2.75) is 12.2 Å². The van der Waals surface area contributed by atoms with E-state index in [0.29, 0.717) is 34.5 Å². The number of aliphatic hydroxyl groups is 4. The van der Waals surface area contributed by atoms with Crippen LogP contribution in [0.2, 0.25) is 0 Å². The monoisotopic (exact) mass is 480 g/mol. The summed E-state index contributed by atoms with van der Waals surface area (Å²) in [5, 5.41) is 37.1. The van der Waals surface area contributed by atoms with Crippen molar-refractivity contribution in [1.82, 2.24) is 0 Å². The number of ether oxygens (including phenoxy) is 6. The van der Waals surface area contributed by atoms with Gasteiger partial charge in [0, 0.05) is 0 Å². The lowest BCUT2D eigenvalue weighted by molar-refractivity contribution is 0.0518. The molecule has 34 heavy (non-hydrogen) atoms. The highest BCUT2D eigenvalue weighted by atomic mass is 16.5. The second-order valence-corrected chi connectivity index (χ2v) is 7.14. The Morgan fingerprint density at radius 1 is 0.618 bits per heavy atom. The highest BCUT2D eigenvalue weighted by molar-refractivity contribution is 5.75. The first kappa shape index (κ1) is 27.1. The molecule has 0 spiro atoms. The van der Waals surface area contributed by atoms with Gasteiger partial charge in [-0.3, -0.25) is 0 Å². The number of hydrogen-bond donors (Lipinski definition) is 4. The summed E-state index contributed by atoms with van der Waals surface area (Å²) < 4.78 is 32.8. The predicted molar refractivity (Wildman–Crippen MR) is 125 cm³/mol. The summed E-state index contributed by atoms with van der Waals surface area (Å²) >= 11 is 0. The van der Waals surface area contributed by atoms with Crippen LogP contribution in [-0.2, 0) is 0 Å². The molecule has 0 saturated carbocycles. The highest BCUT2D eigenvalue weighted by Crippen LogP contribution is 2.41. The van der Waals surface area contributed by atoms with Gasteiger partial charge in [0.25, 0.3) is 0 Å². The van der Waals surface area contributed by atoms with E-state index in [1.165, 1.54) is 28.4 Å². The van der Waals surface area contributed by atoms with Crippen LogP contribution in [0.25, 0.3) is 12.2 Å². The van der Waals surface area contributed by atoms with E-state index in [2.05, 4.69) is 0 Å². The van der Waals surface area contributed by atoms with Crippen LogP contribution in [0.5, 0.6) is 34.5 Å². The van der Waals surface area contributed by atoms with Crippen LogP contribution >= 0.6 is 0 Å². The first-order valence-corrected chi connectivity index (χ1v) is 10.4. The van der Waals surface area contributed by atoms with E-state index in [1.807, 2.05) is 12.2 Å². The van der Waals surface area contributed by atoms with E-state index in [0.717, 1.165) is 11.1 Å². The summed E-state index contributed by atoms with van der Waals surface area (Å²) in [5.74, 6) is 2.20. The van der Waals surface area contributed by atoms with Crippen molar-refractivity contribution in [2.24, 2.45) is 0 Å². The summed E-state index contributed by atoms with van der Waals surface area (Å²) in [5.41, 5.74) is 1.49. The van der Waals surface area contributed by atoms with Gasteiger partial charge in [-0.2, -0.15) is 0 Å². The minimum atomic E-state index is -1.03. The number of aliphatic hydroxyl groups excluding tert-OH is 4. The lowest BCUT2D eigenvalue weighted by Gasteiger charge is -2.17. The van der Waals surface area contributed by atoms with Crippen molar-refractivity contribution >= 4 is 12.2 Å². The average molecular weight is 481 g/mol. The standard InChI is InChI=1S/C24H32O10/c1-29-19-7-15(8-20(30-2)23(19)33-13-17(27)11-25)5-6-16-9-21(31-3)24(22(10-16)32-4)34-14-18(28)12-26/h5-10,17-18,25-28H,11-14H2,1-4H3/b6-5+. The Morgan fingerprint density at radius 3 is 1.15 bits per heavy atom. The Kier molecular flexibility index (Phi) is 10.8. The van der Waals surface area contributed by atoms with Crippen molar-refractivity contribution in [3.8, 4) is 34.5 Å². The molecule has 188 valence electrons. The van der Waals surface area contributed by atoms with Gasteiger partial charge in [0.15, 0.2) is 23.0 Å². The third-order valence-electron chi connectivity index (χ3n) is 4.70. The van der Waals surface area contributed by atoms with Crippen LogP contribution < -0.4 is 28.4 Å². The summed E-state index contributed by atoms with van der Waals surface area (Å²) in [6, 6.07) is 6.95. The summed E-state index contributed by atoms with van der Waals surface area (Å²) in [6.07, 6.45) is 1.58. The van der Waals surface area contributed by atoms with Crippen molar-refractivity contribution in [3.63, 3.8) is 0 Å². The van der Waals surface area contributed by atoms with Crippen molar-refractivity contribution in [3.05, 3.63) is 35.4 Å². The number of methoxy groups -OCH3 is 4. The minimum absolute atomic E-state index is 0.123. The molecule has 0 bridgehead atoms. The van der Waals surface area contributed by atoms with Crippen LogP contribution in [0.4, 0.5) is 0 Å². The van der Waals surface area contributed by atoms with E-state index in [9.17, 15) is 10.2 Å². The van der Waals surface area contributed by atoms with E-state index < -0.39 is 25.4 Å². The number of hydrogen-bond acceptors (Lipinski definition) is 10. The van der Waals surface area contributed by atoms with Crippen molar-refractivity contribution in [1.29, 1.82) is 0 Å². The normalized spacial score (nSPS) is 12.8. The van der Waals surface area contributed by atoms with E-state index >= 15 is 0 Å². The molecule has 0 radical (unpaired) electrons. The van der Waals surface area contributed by atoms with E-state index in [4.69, 9.17) is 38.6 Å².